The van der Waals surface area contributed by atoms with E-state index in [1.165, 1.54) is 10.5 Å². The Morgan fingerprint density at radius 3 is 2.18 bits per heavy atom. The maximum Gasteiger partial charge on any atom is 0.349 e. The Bertz CT molecular complexity index is 906. The number of hydrogen-bond donors (Lipinski definition) is 0. The van der Waals surface area contributed by atoms with Crippen molar-refractivity contribution in [1.82, 2.24) is 0 Å². The monoisotopic (exact) mass is 486 g/mol. The molecule has 33 heavy (non-hydrogen) atoms. The first kappa shape index (κ1) is 25.0. The molecule has 0 unspecified atom stereocenters. The molecule has 0 aromatic heterocycles. The standard InChI is InChI=1S/C27H38O4SSi/c1-19-13-15-21(16-14-19)32-25-24(28-17-20-11-9-8-10-12-20)23-22(30-25)18-29-33(31-23,26(2,3)4)27(5,6)7/h8-16,22-25H,17-18H2,1-7H3/t22-,23-,24+,25-/m0/s1. The number of fused-ring (bicyclic) bond motifs is 1. The summed E-state index contributed by atoms with van der Waals surface area (Å²) in [5.74, 6) is 0. The van der Waals surface area contributed by atoms with E-state index in [0.29, 0.717) is 13.2 Å². The summed E-state index contributed by atoms with van der Waals surface area (Å²) in [7, 11) is -2.62. The van der Waals surface area contributed by atoms with Gasteiger partial charge in [-0.2, -0.15) is 0 Å². The van der Waals surface area contributed by atoms with Crippen molar-refractivity contribution in [2.75, 3.05) is 6.61 Å². The summed E-state index contributed by atoms with van der Waals surface area (Å²) < 4.78 is 26.8. The lowest BCUT2D eigenvalue weighted by molar-refractivity contribution is -0.0800. The predicted octanol–water partition coefficient (Wildman–Crippen LogP) is 6.86. The molecule has 0 bridgehead atoms. The second kappa shape index (κ2) is 9.48. The summed E-state index contributed by atoms with van der Waals surface area (Å²) in [5.41, 5.74) is 2.25. The van der Waals surface area contributed by atoms with Gasteiger partial charge < -0.3 is 18.3 Å². The zero-order valence-corrected chi connectivity index (χ0v) is 22.8. The average molecular weight is 487 g/mol. The molecule has 2 aliphatic heterocycles. The molecule has 0 saturated carbocycles. The second-order valence-corrected chi connectivity index (χ2v) is 17.2. The molecule has 2 fully saturated rings. The highest BCUT2D eigenvalue weighted by molar-refractivity contribution is 7.99. The van der Waals surface area contributed by atoms with Gasteiger partial charge in [0, 0.05) is 15.0 Å². The van der Waals surface area contributed by atoms with Crippen molar-refractivity contribution in [3.8, 4) is 0 Å². The van der Waals surface area contributed by atoms with E-state index in [1.807, 2.05) is 18.2 Å². The van der Waals surface area contributed by atoms with Crippen LogP contribution in [0.4, 0.5) is 0 Å². The van der Waals surface area contributed by atoms with Crippen molar-refractivity contribution in [3.63, 3.8) is 0 Å². The lowest BCUT2D eigenvalue weighted by Gasteiger charge is -2.53. The van der Waals surface area contributed by atoms with Gasteiger partial charge in [0.2, 0.25) is 0 Å². The molecule has 2 aromatic rings. The number of thioether (sulfide) groups is 1. The zero-order valence-electron chi connectivity index (χ0n) is 21.0. The summed E-state index contributed by atoms with van der Waals surface area (Å²) in [6.07, 6.45) is -0.448. The van der Waals surface area contributed by atoms with Crippen molar-refractivity contribution in [3.05, 3.63) is 65.7 Å². The van der Waals surface area contributed by atoms with Gasteiger partial charge in [0.05, 0.1) is 13.2 Å². The predicted molar refractivity (Wildman–Crippen MR) is 137 cm³/mol. The Balaban J connectivity index is 1.62. The van der Waals surface area contributed by atoms with Gasteiger partial charge in [-0.1, -0.05) is 101 Å². The third-order valence-electron chi connectivity index (χ3n) is 6.55. The Morgan fingerprint density at radius 2 is 1.58 bits per heavy atom. The Labute approximate surface area is 204 Å². The SMILES string of the molecule is Cc1ccc(S[C@@H]2O[C@H]3CO[Si](C(C)(C)C)(C(C)(C)C)O[C@@H]3[C@H]2OCc2ccccc2)cc1. The molecule has 0 radical (unpaired) electrons. The Kier molecular flexibility index (Phi) is 7.17. The average Bonchev–Trinajstić information content (AvgIpc) is 3.09. The molecule has 0 N–H and O–H groups in total. The Hall–Kier alpha value is -1.15. The van der Waals surface area contributed by atoms with Gasteiger partial charge in [0.1, 0.15) is 23.7 Å². The molecule has 0 spiro atoms. The number of hydrogen-bond acceptors (Lipinski definition) is 5. The van der Waals surface area contributed by atoms with Crippen LogP contribution >= 0.6 is 11.8 Å². The van der Waals surface area contributed by atoms with Crippen LogP contribution in [0.25, 0.3) is 0 Å². The van der Waals surface area contributed by atoms with Crippen LogP contribution in [0.5, 0.6) is 0 Å². The van der Waals surface area contributed by atoms with E-state index in [2.05, 4.69) is 84.9 Å². The van der Waals surface area contributed by atoms with Crippen LogP contribution in [0.2, 0.25) is 10.1 Å². The molecule has 2 aliphatic rings. The van der Waals surface area contributed by atoms with Gasteiger partial charge in [-0.05, 0) is 24.6 Å². The molecule has 0 aliphatic carbocycles. The minimum Gasteiger partial charge on any atom is -0.391 e. The highest BCUT2D eigenvalue weighted by atomic mass is 32.2. The summed E-state index contributed by atoms with van der Waals surface area (Å²) in [5, 5.41) is -0.162. The molecular formula is C27H38O4SSi. The van der Waals surface area contributed by atoms with Crippen LogP contribution in [0.1, 0.15) is 52.7 Å². The number of rotatable bonds is 5. The molecule has 180 valence electrons. The zero-order chi connectivity index (χ0) is 23.9. The van der Waals surface area contributed by atoms with Gasteiger partial charge in [0.25, 0.3) is 0 Å². The minimum absolute atomic E-state index is 0.0810. The molecule has 2 heterocycles. The highest BCUT2D eigenvalue weighted by Gasteiger charge is 2.65. The fourth-order valence-corrected chi connectivity index (χ4v) is 11.2. The fourth-order valence-electron chi connectivity index (χ4n) is 5.09. The van der Waals surface area contributed by atoms with Crippen molar-refractivity contribution < 1.29 is 18.3 Å². The van der Waals surface area contributed by atoms with Gasteiger partial charge in [-0.25, -0.2) is 0 Å². The first-order valence-electron chi connectivity index (χ1n) is 11.9. The third kappa shape index (κ3) is 5.11. The molecule has 0 amide bonds. The smallest absolute Gasteiger partial charge is 0.349 e. The molecule has 4 atom stereocenters. The van der Waals surface area contributed by atoms with E-state index < -0.39 is 8.56 Å². The third-order valence-corrected chi connectivity index (χ3v) is 12.8. The fraction of sp³-hybridized carbons (Fsp3) is 0.556. The van der Waals surface area contributed by atoms with Gasteiger partial charge in [-0.3, -0.25) is 0 Å². The van der Waals surface area contributed by atoms with Crippen LogP contribution in [-0.4, -0.2) is 38.9 Å². The van der Waals surface area contributed by atoms with Crippen molar-refractivity contribution in [1.29, 1.82) is 0 Å². The topological polar surface area (TPSA) is 36.9 Å². The molecule has 4 rings (SSSR count). The second-order valence-electron chi connectivity index (χ2n) is 11.2. The van der Waals surface area contributed by atoms with Crippen LogP contribution in [0.3, 0.4) is 0 Å². The maximum atomic E-state index is 7.07. The van der Waals surface area contributed by atoms with Crippen LogP contribution in [0.15, 0.2) is 59.5 Å². The molecule has 4 nitrogen and oxygen atoms in total. The molecule has 2 saturated heterocycles. The first-order chi connectivity index (χ1) is 15.5. The quantitative estimate of drug-likeness (QED) is 0.432. The van der Waals surface area contributed by atoms with E-state index in [4.69, 9.17) is 18.3 Å². The summed E-state index contributed by atoms with van der Waals surface area (Å²) in [4.78, 5) is 1.17. The Morgan fingerprint density at radius 1 is 0.939 bits per heavy atom. The highest BCUT2D eigenvalue weighted by Crippen LogP contribution is 2.56. The number of aryl methyl sites for hydroxylation is 1. The minimum atomic E-state index is -2.62. The van der Waals surface area contributed by atoms with E-state index in [9.17, 15) is 0 Å². The maximum absolute atomic E-state index is 7.07. The van der Waals surface area contributed by atoms with Gasteiger partial charge >= 0.3 is 8.56 Å². The van der Waals surface area contributed by atoms with Crippen molar-refractivity contribution >= 4 is 20.3 Å². The van der Waals surface area contributed by atoms with Crippen molar-refractivity contribution in [2.45, 2.75) is 93.8 Å². The first-order valence-corrected chi connectivity index (χ1v) is 14.6. The molecule has 2 aromatic carbocycles. The lowest BCUT2D eigenvalue weighted by Crippen LogP contribution is -2.65. The van der Waals surface area contributed by atoms with E-state index in [1.54, 1.807) is 11.8 Å². The van der Waals surface area contributed by atoms with E-state index in [0.717, 1.165) is 5.56 Å². The summed E-state index contributed by atoms with van der Waals surface area (Å²) in [6.45, 7) is 16.7. The van der Waals surface area contributed by atoms with Gasteiger partial charge in [0.15, 0.2) is 0 Å². The van der Waals surface area contributed by atoms with Crippen LogP contribution in [-0.2, 0) is 24.9 Å². The largest absolute Gasteiger partial charge is 0.391 e. The molecular weight excluding hydrogens is 448 g/mol. The van der Waals surface area contributed by atoms with E-state index in [-0.39, 0.29) is 33.8 Å². The normalized spacial score (nSPS) is 27.4. The van der Waals surface area contributed by atoms with Gasteiger partial charge in [-0.15, -0.1) is 0 Å². The number of ether oxygens (including phenoxy) is 2. The summed E-state index contributed by atoms with van der Waals surface area (Å²) >= 11 is 1.72. The number of benzene rings is 2. The molecule has 6 heteroatoms. The van der Waals surface area contributed by atoms with Crippen LogP contribution in [0, 0.1) is 6.92 Å². The lowest BCUT2D eigenvalue weighted by atomic mass is 10.1. The van der Waals surface area contributed by atoms with Crippen LogP contribution < -0.4 is 0 Å². The summed E-state index contributed by atoms with van der Waals surface area (Å²) in [6, 6.07) is 18.9. The van der Waals surface area contributed by atoms with E-state index >= 15 is 0 Å². The van der Waals surface area contributed by atoms with Crippen molar-refractivity contribution in [2.24, 2.45) is 0 Å².